The van der Waals surface area contributed by atoms with Crippen LogP contribution in [0.3, 0.4) is 0 Å². The predicted octanol–water partition coefficient (Wildman–Crippen LogP) is 1.76. The Hall–Kier alpha value is -0.950. The van der Waals surface area contributed by atoms with Crippen LogP contribution >= 0.6 is 24.2 Å². The fourth-order valence-corrected chi connectivity index (χ4v) is 1.22. The lowest BCUT2D eigenvalue weighted by Crippen LogP contribution is -1.95. The van der Waals surface area contributed by atoms with Crippen LogP contribution in [0.2, 0.25) is 0 Å². The van der Waals surface area contributed by atoms with E-state index >= 15 is 0 Å². The van der Waals surface area contributed by atoms with Gasteiger partial charge in [0.25, 0.3) is 5.69 Å². The van der Waals surface area contributed by atoms with Gasteiger partial charge in [-0.15, -0.1) is 0 Å². The summed E-state index contributed by atoms with van der Waals surface area (Å²) < 4.78 is 9.44. The molecule has 0 fully saturated rings. The SMILES string of the molecule is CNc1ccc(Br)cc1[N+](=O)[O-].O=[PH](O)O. The molecule has 1 rings (SSSR count). The molecular formula is C7H10BrN2O5P. The Labute approximate surface area is 100 Å². The van der Waals surface area contributed by atoms with Gasteiger partial charge in [0, 0.05) is 17.6 Å². The van der Waals surface area contributed by atoms with E-state index in [-0.39, 0.29) is 5.69 Å². The van der Waals surface area contributed by atoms with Gasteiger partial charge in [-0.25, -0.2) is 0 Å². The normalized spacial score (nSPS) is 9.31. The quantitative estimate of drug-likeness (QED) is 0.436. The van der Waals surface area contributed by atoms with Crippen LogP contribution in [0.1, 0.15) is 0 Å². The van der Waals surface area contributed by atoms with E-state index in [4.69, 9.17) is 14.4 Å². The molecule has 1 aromatic rings. The van der Waals surface area contributed by atoms with E-state index in [2.05, 4.69) is 21.2 Å². The van der Waals surface area contributed by atoms with E-state index in [1.54, 1.807) is 19.2 Å². The number of benzene rings is 1. The average Bonchev–Trinajstić information content (AvgIpc) is 2.16. The summed E-state index contributed by atoms with van der Waals surface area (Å²) in [5, 5.41) is 13.2. The van der Waals surface area contributed by atoms with Gasteiger partial charge in [0.1, 0.15) is 5.69 Å². The van der Waals surface area contributed by atoms with E-state index in [1.165, 1.54) is 6.07 Å². The smallest absolute Gasteiger partial charge is 0.314 e. The van der Waals surface area contributed by atoms with Crippen LogP contribution in [0.5, 0.6) is 0 Å². The number of halogens is 1. The van der Waals surface area contributed by atoms with E-state index < -0.39 is 13.2 Å². The summed E-state index contributed by atoms with van der Waals surface area (Å²) in [6, 6.07) is 4.87. The van der Waals surface area contributed by atoms with Crippen molar-refractivity contribution in [1.29, 1.82) is 0 Å². The third-order valence-corrected chi connectivity index (χ3v) is 1.92. The first kappa shape index (κ1) is 15.0. The van der Waals surface area contributed by atoms with Crippen molar-refractivity contribution in [3.8, 4) is 0 Å². The fraction of sp³-hybridized carbons (Fsp3) is 0.143. The molecule has 0 amide bonds. The van der Waals surface area contributed by atoms with Gasteiger partial charge >= 0.3 is 8.25 Å². The van der Waals surface area contributed by atoms with Crippen molar-refractivity contribution in [2.24, 2.45) is 0 Å². The molecule has 90 valence electrons. The third kappa shape index (κ3) is 5.82. The lowest BCUT2D eigenvalue weighted by Gasteiger charge is -2.00. The highest BCUT2D eigenvalue weighted by Crippen LogP contribution is 2.27. The van der Waals surface area contributed by atoms with Gasteiger partial charge in [-0.2, -0.15) is 0 Å². The zero-order chi connectivity index (χ0) is 12.7. The zero-order valence-corrected chi connectivity index (χ0v) is 10.8. The van der Waals surface area contributed by atoms with E-state index in [0.29, 0.717) is 10.2 Å². The Balaban J connectivity index is 0.000000487. The van der Waals surface area contributed by atoms with Crippen molar-refractivity contribution in [3.63, 3.8) is 0 Å². The molecule has 0 saturated carbocycles. The van der Waals surface area contributed by atoms with Crippen LogP contribution in [0.25, 0.3) is 0 Å². The van der Waals surface area contributed by atoms with Gasteiger partial charge in [0.05, 0.1) is 4.92 Å². The molecule has 7 nitrogen and oxygen atoms in total. The number of anilines is 1. The van der Waals surface area contributed by atoms with Crippen molar-refractivity contribution in [1.82, 2.24) is 0 Å². The van der Waals surface area contributed by atoms with Gasteiger partial charge < -0.3 is 15.1 Å². The Morgan fingerprint density at radius 2 is 2.00 bits per heavy atom. The Kier molecular flexibility index (Phi) is 6.91. The molecule has 0 atom stereocenters. The van der Waals surface area contributed by atoms with Crippen LogP contribution in [0, 0.1) is 10.1 Å². The summed E-state index contributed by atoms with van der Waals surface area (Å²) in [7, 11) is -1.48. The molecule has 0 saturated heterocycles. The molecular weight excluding hydrogens is 303 g/mol. The first-order chi connectivity index (χ1) is 7.38. The standard InChI is InChI=1S/C7H7BrN2O2.H3O3P/c1-9-6-3-2-5(8)4-7(6)10(11)12;1-4(2)3/h2-4,9H,1H3;4H,(H2,1,2,3). The van der Waals surface area contributed by atoms with Gasteiger partial charge in [-0.05, 0) is 12.1 Å². The van der Waals surface area contributed by atoms with Crippen molar-refractivity contribution < 1.29 is 19.3 Å². The van der Waals surface area contributed by atoms with Gasteiger partial charge in [-0.3, -0.25) is 14.7 Å². The number of nitrogens with zero attached hydrogens (tertiary/aromatic N) is 1. The van der Waals surface area contributed by atoms with Crippen LogP contribution in [-0.2, 0) is 4.57 Å². The number of hydrogen-bond donors (Lipinski definition) is 3. The van der Waals surface area contributed by atoms with E-state index in [9.17, 15) is 10.1 Å². The maximum Gasteiger partial charge on any atom is 0.314 e. The van der Waals surface area contributed by atoms with Gasteiger partial charge in [0.2, 0.25) is 0 Å². The lowest BCUT2D eigenvalue weighted by atomic mass is 10.3. The number of nitrogens with one attached hydrogen (secondary N) is 1. The molecule has 3 N–H and O–H groups in total. The molecule has 0 aliphatic rings. The minimum Gasteiger partial charge on any atom is -0.383 e. The Morgan fingerprint density at radius 3 is 2.38 bits per heavy atom. The molecule has 0 aromatic heterocycles. The fourth-order valence-electron chi connectivity index (χ4n) is 0.867. The summed E-state index contributed by atoms with van der Waals surface area (Å²) >= 11 is 3.16. The maximum atomic E-state index is 10.5. The molecule has 0 aliphatic carbocycles. The highest BCUT2D eigenvalue weighted by molar-refractivity contribution is 9.10. The summed E-state index contributed by atoms with van der Waals surface area (Å²) in [5.74, 6) is 0. The van der Waals surface area contributed by atoms with Crippen molar-refractivity contribution >= 4 is 35.6 Å². The van der Waals surface area contributed by atoms with E-state index in [0.717, 1.165) is 0 Å². The van der Waals surface area contributed by atoms with E-state index in [1.807, 2.05) is 0 Å². The van der Waals surface area contributed by atoms with Crippen LogP contribution in [0.4, 0.5) is 11.4 Å². The minimum absolute atomic E-state index is 0.0758. The summed E-state index contributed by atoms with van der Waals surface area (Å²) in [6.07, 6.45) is 0. The van der Waals surface area contributed by atoms with Crippen LogP contribution in [0.15, 0.2) is 22.7 Å². The zero-order valence-electron chi connectivity index (χ0n) is 8.18. The molecule has 0 heterocycles. The second-order valence-corrected chi connectivity index (χ2v) is 3.93. The number of nitro benzene ring substituents is 1. The monoisotopic (exact) mass is 312 g/mol. The molecule has 0 unspecified atom stereocenters. The molecule has 16 heavy (non-hydrogen) atoms. The molecule has 0 bridgehead atoms. The largest absolute Gasteiger partial charge is 0.383 e. The first-order valence-electron chi connectivity index (χ1n) is 3.92. The second-order valence-electron chi connectivity index (χ2n) is 2.45. The predicted molar refractivity (Wildman–Crippen MR) is 63.8 cm³/mol. The van der Waals surface area contributed by atoms with Crippen molar-refractivity contribution in [3.05, 3.63) is 32.8 Å². The highest BCUT2D eigenvalue weighted by Gasteiger charge is 2.11. The number of nitro groups is 1. The topological polar surface area (TPSA) is 113 Å². The number of hydrogen-bond acceptors (Lipinski definition) is 4. The summed E-state index contributed by atoms with van der Waals surface area (Å²) in [6.45, 7) is 0. The summed E-state index contributed by atoms with van der Waals surface area (Å²) in [5.41, 5.74) is 0.593. The molecule has 0 radical (unpaired) electrons. The second kappa shape index (κ2) is 7.34. The summed E-state index contributed by atoms with van der Waals surface area (Å²) in [4.78, 5) is 24.4. The Morgan fingerprint density at radius 1 is 1.50 bits per heavy atom. The lowest BCUT2D eigenvalue weighted by molar-refractivity contribution is -0.384. The average molecular weight is 313 g/mol. The third-order valence-electron chi connectivity index (χ3n) is 1.43. The van der Waals surface area contributed by atoms with Gasteiger partial charge in [-0.1, -0.05) is 15.9 Å². The molecule has 0 aliphatic heterocycles. The van der Waals surface area contributed by atoms with Crippen LogP contribution in [-0.4, -0.2) is 21.8 Å². The first-order valence-corrected chi connectivity index (χ1v) is 6.01. The van der Waals surface area contributed by atoms with Gasteiger partial charge in [0.15, 0.2) is 0 Å². The molecule has 9 heteroatoms. The maximum absolute atomic E-state index is 10.5. The Bertz CT molecular complexity index is 396. The minimum atomic E-state index is -3.13. The molecule has 1 aromatic carbocycles. The number of rotatable bonds is 2. The highest BCUT2D eigenvalue weighted by atomic mass is 79.9. The molecule has 0 spiro atoms. The van der Waals surface area contributed by atoms with Crippen molar-refractivity contribution in [2.75, 3.05) is 12.4 Å². The van der Waals surface area contributed by atoms with Crippen LogP contribution < -0.4 is 5.32 Å². The van der Waals surface area contributed by atoms with Crippen molar-refractivity contribution in [2.45, 2.75) is 0 Å².